The first-order valence-electron chi connectivity index (χ1n) is 7.73. The highest BCUT2D eigenvalue weighted by molar-refractivity contribution is 5.60. The van der Waals surface area contributed by atoms with Gasteiger partial charge in [0.15, 0.2) is 23.0 Å². The van der Waals surface area contributed by atoms with Crippen molar-refractivity contribution in [2.24, 2.45) is 0 Å². The maximum atomic E-state index is 5.35. The number of hydrogen-bond donors (Lipinski definition) is 0. The van der Waals surface area contributed by atoms with Crippen molar-refractivity contribution in [1.82, 2.24) is 0 Å². The zero-order chi connectivity index (χ0) is 19.1. The molecule has 0 saturated heterocycles. The molecule has 0 aliphatic carbocycles. The molecule has 0 heterocycles. The largest absolute Gasteiger partial charge is 0.493 e. The van der Waals surface area contributed by atoms with Crippen molar-refractivity contribution in [3.63, 3.8) is 0 Å². The maximum Gasteiger partial charge on any atom is 0.203 e. The Hall–Kier alpha value is -3.20. The normalized spacial score (nSPS) is 9.62. The lowest BCUT2D eigenvalue weighted by atomic mass is 10.1. The molecule has 0 aliphatic rings. The molecule has 138 valence electrons. The van der Waals surface area contributed by atoms with Crippen molar-refractivity contribution in [2.75, 3.05) is 42.7 Å². The van der Waals surface area contributed by atoms with Gasteiger partial charge >= 0.3 is 0 Å². The van der Waals surface area contributed by atoms with Crippen LogP contribution in [0, 0.1) is 11.8 Å². The summed E-state index contributed by atoms with van der Waals surface area (Å²) in [5, 5.41) is 0. The predicted molar refractivity (Wildman–Crippen MR) is 98.2 cm³/mol. The highest BCUT2D eigenvalue weighted by Crippen LogP contribution is 2.39. The number of ether oxygens (including phenoxy) is 6. The van der Waals surface area contributed by atoms with Crippen molar-refractivity contribution in [3.8, 4) is 46.3 Å². The Balaban J connectivity index is 2.49. The fourth-order valence-corrected chi connectivity index (χ4v) is 2.45. The van der Waals surface area contributed by atoms with E-state index in [0.29, 0.717) is 45.6 Å². The van der Waals surface area contributed by atoms with Crippen LogP contribution in [0.3, 0.4) is 0 Å². The number of hydrogen-bond acceptors (Lipinski definition) is 6. The molecule has 0 radical (unpaired) electrons. The molecule has 0 amide bonds. The van der Waals surface area contributed by atoms with E-state index in [1.54, 1.807) is 66.9 Å². The lowest BCUT2D eigenvalue weighted by Crippen LogP contribution is -1.96. The Bertz CT molecular complexity index is 714. The van der Waals surface area contributed by atoms with Crippen molar-refractivity contribution < 1.29 is 28.4 Å². The minimum atomic E-state index is 0.522. The molecule has 0 bridgehead atoms. The van der Waals surface area contributed by atoms with E-state index in [4.69, 9.17) is 28.4 Å². The Morgan fingerprint density at radius 1 is 0.462 bits per heavy atom. The molecule has 0 unspecified atom stereocenters. The van der Waals surface area contributed by atoms with Crippen LogP contribution < -0.4 is 28.4 Å². The predicted octanol–water partition coefficient (Wildman–Crippen LogP) is 3.14. The van der Waals surface area contributed by atoms with Gasteiger partial charge in [0, 0.05) is 11.1 Å². The zero-order valence-electron chi connectivity index (χ0n) is 15.8. The van der Waals surface area contributed by atoms with E-state index in [1.807, 2.05) is 0 Å². The summed E-state index contributed by atoms with van der Waals surface area (Å²) in [7, 11) is 9.37. The standard InChI is InChI=1S/C20H22O6/c1-21-15-9-13(10-16(22-2)19(15)25-5)7-8-14-11-17(23-3)20(26-6)18(12-14)24-4/h9-12H,1-6H3. The zero-order valence-corrected chi connectivity index (χ0v) is 15.8. The van der Waals surface area contributed by atoms with Gasteiger partial charge in [0.25, 0.3) is 0 Å². The fourth-order valence-electron chi connectivity index (χ4n) is 2.45. The second-order valence-corrected chi connectivity index (χ2v) is 5.08. The molecule has 2 rings (SSSR count). The summed E-state index contributed by atoms with van der Waals surface area (Å²) in [6.07, 6.45) is 0. The molecule has 0 saturated carbocycles. The quantitative estimate of drug-likeness (QED) is 0.740. The van der Waals surface area contributed by atoms with Crippen molar-refractivity contribution in [3.05, 3.63) is 35.4 Å². The molecule has 0 aromatic heterocycles. The Morgan fingerprint density at radius 2 is 0.731 bits per heavy atom. The smallest absolute Gasteiger partial charge is 0.203 e. The minimum Gasteiger partial charge on any atom is -0.493 e. The lowest BCUT2D eigenvalue weighted by Gasteiger charge is -2.12. The molecule has 6 nitrogen and oxygen atoms in total. The van der Waals surface area contributed by atoms with Gasteiger partial charge in [-0.15, -0.1) is 0 Å². The number of benzene rings is 2. The van der Waals surface area contributed by atoms with Gasteiger partial charge in [-0.05, 0) is 24.3 Å². The van der Waals surface area contributed by atoms with E-state index < -0.39 is 0 Å². The molecular weight excluding hydrogens is 336 g/mol. The summed E-state index contributed by atoms with van der Waals surface area (Å²) in [5.74, 6) is 9.38. The van der Waals surface area contributed by atoms with Gasteiger partial charge in [-0.1, -0.05) is 11.8 Å². The molecule has 2 aromatic carbocycles. The van der Waals surface area contributed by atoms with Crippen LogP contribution in [0.15, 0.2) is 24.3 Å². The van der Waals surface area contributed by atoms with Crippen LogP contribution in [0.4, 0.5) is 0 Å². The van der Waals surface area contributed by atoms with Gasteiger partial charge in [-0.2, -0.15) is 0 Å². The minimum absolute atomic E-state index is 0.522. The maximum absolute atomic E-state index is 5.35. The summed E-state index contributed by atoms with van der Waals surface area (Å²) < 4.78 is 32.0. The van der Waals surface area contributed by atoms with Crippen LogP contribution in [0.2, 0.25) is 0 Å². The van der Waals surface area contributed by atoms with Crippen LogP contribution in [0.5, 0.6) is 34.5 Å². The van der Waals surface area contributed by atoms with Crippen LogP contribution in [-0.4, -0.2) is 42.7 Å². The van der Waals surface area contributed by atoms with Crippen LogP contribution in [-0.2, 0) is 0 Å². The molecule has 2 aromatic rings. The Morgan fingerprint density at radius 3 is 0.923 bits per heavy atom. The third-order valence-corrected chi connectivity index (χ3v) is 3.68. The highest BCUT2D eigenvalue weighted by atomic mass is 16.5. The van der Waals surface area contributed by atoms with E-state index >= 15 is 0 Å². The summed E-state index contributed by atoms with van der Waals surface area (Å²) in [5.41, 5.74) is 1.43. The first-order chi connectivity index (χ1) is 12.6. The molecule has 0 aliphatic heterocycles. The summed E-state index contributed by atoms with van der Waals surface area (Å²) >= 11 is 0. The van der Waals surface area contributed by atoms with Crippen LogP contribution in [0.1, 0.15) is 11.1 Å². The molecular formula is C20H22O6. The summed E-state index contributed by atoms with van der Waals surface area (Å²) in [6, 6.07) is 7.14. The molecule has 0 spiro atoms. The average Bonchev–Trinajstić information content (AvgIpc) is 2.70. The highest BCUT2D eigenvalue weighted by Gasteiger charge is 2.13. The Labute approximate surface area is 153 Å². The van der Waals surface area contributed by atoms with E-state index in [2.05, 4.69) is 11.8 Å². The van der Waals surface area contributed by atoms with E-state index in [0.717, 1.165) is 0 Å². The molecule has 6 heteroatoms. The number of rotatable bonds is 6. The third-order valence-electron chi connectivity index (χ3n) is 3.68. The molecule has 0 fully saturated rings. The first-order valence-corrected chi connectivity index (χ1v) is 7.73. The van der Waals surface area contributed by atoms with Gasteiger partial charge in [0.05, 0.1) is 42.7 Å². The van der Waals surface area contributed by atoms with Crippen molar-refractivity contribution >= 4 is 0 Å². The summed E-state index contributed by atoms with van der Waals surface area (Å²) in [4.78, 5) is 0. The SMILES string of the molecule is COc1cc(C#Cc2cc(OC)c(OC)c(OC)c2)cc(OC)c1OC. The van der Waals surface area contributed by atoms with E-state index in [-0.39, 0.29) is 0 Å². The van der Waals surface area contributed by atoms with Gasteiger partial charge in [-0.3, -0.25) is 0 Å². The van der Waals surface area contributed by atoms with Crippen molar-refractivity contribution in [1.29, 1.82) is 0 Å². The van der Waals surface area contributed by atoms with Crippen molar-refractivity contribution in [2.45, 2.75) is 0 Å². The fraction of sp³-hybridized carbons (Fsp3) is 0.300. The Kier molecular flexibility index (Phi) is 6.45. The van der Waals surface area contributed by atoms with Gasteiger partial charge in [0.1, 0.15) is 0 Å². The first kappa shape index (κ1) is 19.1. The monoisotopic (exact) mass is 358 g/mol. The van der Waals surface area contributed by atoms with Crippen LogP contribution >= 0.6 is 0 Å². The number of methoxy groups -OCH3 is 6. The second kappa shape index (κ2) is 8.77. The van der Waals surface area contributed by atoms with Gasteiger partial charge in [-0.25, -0.2) is 0 Å². The summed E-state index contributed by atoms with van der Waals surface area (Å²) in [6.45, 7) is 0. The van der Waals surface area contributed by atoms with Crippen LogP contribution in [0.25, 0.3) is 0 Å². The second-order valence-electron chi connectivity index (χ2n) is 5.08. The molecule has 0 N–H and O–H groups in total. The van der Waals surface area contributed by atoms with E-state index in [1.165, 1.54) is 0 Å². The topological polar surface area (TPSA) is 55.4 Å². The molecule has 26 heavy (non-hydrogen) atoms. The third kappa shape index (κ3) is 3.89. The van der Waals surface area contributed by atoms with E-state index in [9.17, 15) is 0 Å². The molecule has 0 atom stereocenters. The average molecular weight is 358 g/mol. The van der Waals surface area contributed by atoms with Gasteiger partial charge < -0.3 is 28.4 Å². The lowest BCUT2D eigenvalue weighted by molar-refractivity contribution is 0.324. The van der Waals surface area contributed by atoms with Gasteiger partial charge in [0.2, 0.25) is 11.5 Å².